The minimum absolute atomic E-state index is 0.00935. The third kappa shape index (κ3) is 2.81. The van der Waals surface area contributed by atoms with Crippen molar-refractivity contribution >= 4 is 17.5 Å². The molecule has 3 saturated carbocycles. The van der Waals surface area contributed by atoms with E-state index in [1.165, 1.54) is 0 Å². The van der Waals surface area contributed by atoms with Crippen LogP contribution < -0.4 is 0 Å². The van der Waals surface area contributed by atoms with Crippen LogP contribution in [0.15, 0.2) is 11.6 Å². The highest BCUT2D eigenvalue weighted by atomic mass is 16.5. The van der Waals surface area contributed by atoms with E-state index in [0.29, 0.717) is 36.4 Å². The number of carbonyl (C=O) groups excluding carboxylic acids is 3. The largest absolute Gasteiger partial charge is 0.462 e. The SMILES string of the molecule is CCC(=O)O[C@@H]1CC[C@@]2(C)[C@@H](CC[C@H]3[C@H]2C(=O)C[C@]2(C)C(C(C)=O)=CC[C@H]32)C1. The van der Waals surface area contributed by atoms with Gasteiger partial charge in [-0.2, -0.15) is 0 Å². The van der Waals surface area contributed by atoms with Gasteiger partial charge in [0.15, 0.2) is 5.78 Å². The maximum atomic E-state index is 13.5. The second kappa shape index (κ2) is 6.81. The quantitative estimate of drug-likeness (QED) is 0.662. The lowest BCUT2D eigenvalue weighted by Crippen LogP contribution is -2.57. The van der Waals surface area contributed by atoms with E-state index in [0.717, 1.165) is 44.1 Å². The highest BCUT2D eigenvalue weighted by molar-refractivity contribution is 5.97. The molecule has 0 unspecified atom stereocenters. The predicted molar refractivity (Wildman–Crippen MR) is 106 cm³/mol. The van der Waals surface area contributed by atoms with Crippen LogP contribution in [0.25, 0.3) is 0 Å². The van der Waals surface area contributed by atoms with Gasteiger partial charge in [0, 0.05) is 24.2 Å². The summed E-state index contributed by atoms with van der Waals surface area (Å²) in [7, 11) is 0. The lowest BCUT2D eigenvalue weighted by Gasteiger charge is -2.59. The number of fused-ring (bicyclic) bond motifs is 5. The Balaban J connectivity index is 1.57. The fourth-order valence-corrected chi connectivity index (χ4v) is 7.53. The minimum atomic E-state index is -0.263. The number of Topliss-reactive ketones (excluding diaryl/α,β-unsaturated/α-hetero) is 2. The Bertz CT molecular complexity index is 737. The van der Waals surface area contributed by atoms with Crippen LogP contribution in [0, 0.1) is 34.5 Å². The number of esters is 1. The second-order valence-electron chi connectivity index (χ2n) is 10.2. The van der Waals surface area contributed by atoms with E-state index >= 15 is 0 Å². The average molecular weight is 387 g/mol. The Labute approximate surface area is 168 Å². The number of ketones is 2. The molecule has 154 valence electrons. The summed E-state index contributed by atoms with van der Waals surface area (Å²) < 4.78 is 5.65. The fraction of sp³-hybridized carbons (Fsp3) is 0.792. The van der Waals surface area contributed by atoms with Crippen LogP contribution in [0.5, 0.6) is 0 Å². The van der Waals surface area contributed by atoms with Gasteiger partial charge in [0.25, 0.3) is 0 Å². The Kier molecular flexibility index (Phi) is 4.83. The Hall–Kier alpha value is -1.45. The van der Waals surface area contributed by atoms with Crippen LogP contribution >= 0.6 is 0 Å². The van der Waals surface area contributed by atoms with Crippen LogP contribution in [0.4, 0.5) is 0 Å². The zero-order valence-corrected chi connectivity index (χ0v) is 17.8. The summed E-state index contributed by atoms with van der Waals surface area (Å²) in [6, 6.07) is 0. The van der Waals surface area contributed by atoms with Crippen LogP contribution in [0.1, 0.15) is 79.1 Å². The zero-order valence-electron chi connectivity index (χ0n) is 17.8. The molecule has 0 aliphatic heterocycles. The first kappa shape index (κ1) is 19.8. The van der Waals surface area contributed by atoms with Crippen molar-refractivity contribution in [1.82, 2.24) is 0 Å². The standard InChI is InChI=1S/C24H34O4/c1-5-21(27)28-16-10-11-23(3)15(12-16)6-7-17-19-9-8-18(14(2)25)24(19,4)13-20(26)22(17)23/h8,15-17,19,22H,5-7,9-13H2,1-4H3/t15-,16+,17+,19+,22-,23-,24+/m0/s1. The summed E-state index contributed by atoms with van der Waals surface area (Å²) in [5.74, 6) is 1.75. The lowest BCUT2D eigenvalue weighted by atomic mass is 9.44. The highest BCUT2D eigenvalue weighted by Gasteiger charge is 2.62. The van der Waals surface area contributed by atoms with Gasteiger partial charge in [-0.05, 0) is 74.2 Å². The molecule has 3 fully saturated rings. The molecular formula is C24H34O4. The van der Waals surface area contributed by atoms with Crippen LogP contribution in [-0.4, -0.2) is 23.6 Å². The van der Waals surface area contributed by atoms with Gasteiger partial charge in [-0.25, -0.2) is 0 Å². The molecule has 0 aromatic heterocycles. The monoisotopic (exact) mass is 386 g/mol. The first-order valence-corrected chi connectivity index (χ1v) is 11.1. The maximum absolute atomic E-state index is 13.5. The molecule has 28 heavy (non-hydrogen) atoms. The third-order valence-corrected chi connectivity index (χ3v) is 8.85. The first-order chi connectivity index (χ1) is 13.2. The normalized spacial score (nSPS) is 44.8. The molecule has 0 aromatic rings. The van der Waals surface area contributed by atoms with Gasteiger partial charge in [0.2, 0.25) is 0 Å². The highest BCUT2D eigenvalue weighted by Crippen LogP contribution is 2.65. The molecular weight excluding hydrogens is 352 g/mol. The molecule has 4 aliphatic rings. The molecule has 7 atom stereocenters. The van der Waals surface area contributed by atoms with Crippen molar-refractivity contribution in [3.63, 3.8) is 0 Å². The van der Waals surface area contributed by atoms with Crippen LogP contribution in [0.3, 0.4) is 0 Å². The molecule has 0 saturated heterocycles. The van der Waals surface area contributed by atoms with Crippen molar-refractivity contribution in [2.45, 2.75) is 85.2 Å². The van der Waals surface area contributed by atoms with Crippen molar-refractivity contribution in [1.29, 1.82) is 0 Å². The number of rotatable bonds is 3. The van der Waals surface area contributed by atoms with E-state index < -0.39 is 0 Å². The lowest BCUT2D eigenvalue weighted by molar-refractivity contribution is -0.167. The molecule has 4 heteroatoms. The maximum Gasteiger partial charge on any atom is 0.305 e. The molecule has 0 heterocycles. The Morgan fingerprint density at radius 2 is 1.96 bits per heavy atom. The number of hydrogen-bond donors (Lipinski definition) is 0. The molecule has 0 amide bonds. The average Bonchev–Trinajstić information content (AvgIpc) is 2.98. The smallest absolute Gasteiger partial charge is 0.305 e. The van der Waals surface area contributed by atoms with E-state index in [-0.39, 0.29) is 34.6 Å². The second-order valence-corrected chi connectivity index (χ2v) is 10.2. The van der Waals surface area contributed by atoms with Gasteiger partial charge in [-0.15, -0.1) is 0 Å². The molecule has 0 N–H and O–H groups in total. The number of hydrogen-bond acceptors (Lipinski definition) is 4. The third-order valence-electron chi connectivity index (χ3n) is 8.85. The zero-order chi connectivity index (χ0) is 20.3. The summed E-state index contributed by atoms with van der Waals surface area (Å²) in [5.41, 5.74) is 0.642. The molecule has 0 aromatic carbocycles. The number of carbonyl (C=O) groups is 3. The van der Waals surface area contributed by atoms with Gasteiger partial charge in [-0.3, -0.25) is 14.4 Å². The van der Waals surface area contributed by atoms with Gasteiger partial charge in [0.1, 0.15) is 11.9 Å². The van der Waals surface area contributed by atoms with Crippen molar-refractivity contribution in [3.8, 4) is 0 Å². The van der Waals surface area contributed by atoms with E-state index in [1.807, 2.05) is 6.92 Å². The summed E-state index contributed by atoms with van der Waals surface area (Å²) >= 11 is 0. The summed E-state index contributed by atoms with van der Waals surface area (Å²) in [5, 5.41) is 0. The van der Waals surface area contributed by atoms with Crippen molar-refractivity contribution in [3.05, 3.63) is 11.6 Å². The van der Waals surface area contributed by atoms with Crippen LogP contribution in [0.2, 0.25) is 0 Å². The van der Waals surface area contributed by atoms with E-state index in [4.69, 9.17) is 4.74 Å². The van der Waals surface area contributed by atoms with E-state index in [1.54, 1.807) is 6.92 Å². The Morgan fingerprint density at radius 1 is 1.21 bits per heavy atom. The first-order valence-electron chi connectivity index (χ1n) is 11.1. The topological polar surface area (TPSA) is 60.4 Å². The Morgan fingerprint density at radius 3 is 2.64 bits per heavy atom. The summed E-state index contributed by atoms with van der Waals surface area (Å²) in [6.07, 6.45) is 8.92. The minimum Gasteiger partial charge on any atom is -0.462 e. The molecule has 0 radical (unpaired) electrons. The molecule has 0 spiro atoms. The van der Waals surface area contributed by atoms with Gasteiger partial charge >= 0.3 is 5.97 Å². The van der Waals surface area contributed by atoms with E-state index in [9.17, 15) is 14.4 Å². The van der Waals surface area contributed by atoms with Crippen molar-refractivity contribution < 1.29 is 19.1 Å². The van der Waals surface area contributed by atoms with Gasteiger partial charge in [0.05, 0.1) is 0 Å². The number of ether oxygens (including phenoxy) is 1. The van der Waals surface area contributed by atoms with Crippen molar-refractivity contribution in [2.75, 3.05) is 0 Å². The fourth-order valence-electron chi connectivity index (χ4n) is 7.53. The van der Waals surface area contributed by atoms with Gasteiger partial charge < -0.3 is 4.74 Å². The molecule has 4 aliphatic carbocycles. The summed E-state index contributed by atoms with van der Waals surface area (Å²) in [6.45, 7) is 7.96. The summed E-state index contributed by atoms with van der Waals surface area (Å²) in [4.78, 5) is 37.4. The van der Waals surface area contributed by atoms with Crippen LogP contribution in [-0.2, 0) is 19.1 Å². The van der Waals surface area contributed by atoms with Gasteiger partial charge in [-0.1, -0.05) is 26.8 Å². The molecule has 4 rings (SSSR count). The van der Waals surface area contributed by atoms with Crippen molar-refractivity contribution in [2.24, 2.45) is 34.5 Å². The number of allylic oxidation sites excluding steroid dienone is 2. The molecule has 4 nitrogen and oxygen atoms in total. The molecule has 0 bridgehead atoms. The van der Waals surface area contributed by atoms with E-state index in [2.05, 4.69) is 19.9 Å². The predicted octanol–water partition coefficient (Wildman–Crippen LogP) is 4.66.